The highest BCUT2D eigenvalue weighted by atomic mass is 32.2. The van der Waals surface area contributed by atoms with Crippen molar-refractivity contribution < 1.29 is 13.5 Å². The molecule has 0 bridgehead atoms. The van der Waals surface area contributed by atoms with E-state index in [9.17, 15) is 8.42 Å². The van der Waals surface area contributed by atoms with Crippen molar-refractivity contribution in [2.24, 2.45) is 0 Å². The van der Waals surface area contributed by atoms with Crippen molar-refractivity contribution in [2.75, 3.05) is 12.3 Å². The molecular formula is C11H17NO3S. The average Bonchev–Trinajstić information content (AvgIpc) is 2.21. The lowest BCUT2D eigenvalue weighted by Crippen LogP contribution is -2.36. The summed E-state index contributed by atoms with van der Waals surface area (Å²) in [5.74, 6) is 0. The van der Waals surface area contributed by atoms with Crippen LogP contribution in [0.1, 0.15) is 19.4 Å². The van der Waals surface area contributed by atoms with Gasteiger partial charge in [0.2, 0.25) is 0 Å². The molecule has 5 heteroatoms. The number of nitrogens with two attached hydrogens (primary N) is 1. The predicted octanol–water partition coefficient (Wildman–Crippen LogP) is 1.12. The van der Waals surface area contributed by atoms with Crippen molar-refractivity contribution >= 4 is 15.5 Å². The molecule has 0 fully saturated rings. The van der Waals surface area contributed by atoms with E-state index in [1.165, 1.54) is 19.9 Å². The van der Waals surface area contributed by atoms with E-state index in [2.05, 4.69) is 0 Å². The first-order chi connectivity index (χ1) is 7.22. The topological polar surface area (TPSA) is 80.4 Å². The third kappa shape index (κ3) is 2.05. The Kier molecular flexibility index (Phi) is 3.30. The van der Waals surface area contributed by atoms with Crippen LogP contribution in [0.3, 0.4) is 0 Å². The summed E-state index contributed by atoms with van der Waals surface area (Å²) in [5, 5.41) is 9.14. The standard InChI is InChI=1S/C11H17NO3S/c1-8-4-5-9(12)6-10(8)16(14,15)11(2,3)7-13/h4-6,13H,7,12H2,1-3H3. The van der Waals surface area contributed by atoms with Crippen molar-refractivity contribution in [1.82, 2.24) is 0 Å². The highest BCUT2D eigenvalue weighted by molar-refractivity contribution is 7.92. The van der Waals surface area contributed by atoms with Crippen LogP contribution in [0.25, 0.3) is 0 Å². The molecule has 0 aliphatic rings. The first-order valence-electron chi connectivity index (χ1n) is 4.94. The number of hydrogen-bond donors (Lipinski definition) is 2. The van der Waals surface area contributed by atoms with Gasteiger partial charge in [-0.05, 0) is 38.5 Å². The number of aryl methyl sites for hydroxylation is 1. The molecule has 0 aliphatic heterocycles. The second-order valence-electron chi connectivity index (χ2n) is 4.45. The van der Waals surface area contributed by atoms with E-state index < -0.39 is 21.2 Å². The predicted molar refractivity (Wildman–Crippen MR) is 63.9 cm³/mol. The number of nitrogen functional groups attached to an aromatic ring is 1. The maximum absolute atomic E-state index is 12.2. The van der Waals surface area contributed by atoms with Crippen LogP contribution in [-0.2, 0) is 9.84 Å². The van der Waals surface area contributed by atoms with E-state index in [1.54, 1.807) is 19.1 Å². The smallest absolute Gasteiger partial charge is 0.186 e. The maximum atomic E-state index is 12.2. The number of hydrogen-bond acceptors (Lipinski definition) is 4. The minimum absolute atomic E-state index is 0.187. The van der Waals surface area contributed by atoms with Gasteiger partial charge in [-0.3, -0.25) is 0 Å². The lowest BCUT2D eigenvalue weighted by atomic mass is 10.2. The Morgan fingerprint density at radius 3 is 2.44 bits per heavy atom. The number of anilines is 1. The zero-order valence-electron chi connectivity index (χ0n) is 9.69. The summed E-state index contributed by atoms with van der Waals surface area (Å²) in [6, 6.07) is 4.75. The summed E-state index contributed by atoms with van der Waals surface area (Å²) in [6.45, 7) is 4.26. The molecule has 0 unspecified atom stereocenters. The molecule has 0 saturated carbocycles. The lowest BCUT2D eigenvalue weighted by molar-refractivity contribution is 0.258. The van der Waals surface area contributed by atoms with Crippen molar-refractivity contribution in [3.05, 3.63) is 23.8 Å². The van der Waals surface area contributed by atoms with E-state index in [4.69, 9.17) is 10.8 Å². The molecule has 0 radical (unpaired) electrons. The lowest BCUT2D eigenvalue weighted by Gasteiger charge is -2.23. The molecule has 3 N–H and O–H groups in total. The summed E-state index contributed by atoms with van der Waals surface area (Å²) < 4.78 is 23.3. The van der Waals surface area contributed by atoms with Crippen LogP contribution in [0.2, 0.25) is 0 Å². The van der Waals surface area contributed by atoms with Gasteiger partial charge >= 0.3 is 0 Å². The van der Waals surface area contributed by atoms with Gasteiger partial charge in [0.05, 0.1) is 16.2 Å². The van der Waals surface area contributed by atoms with Crippen molar-refractivity contribution in [2.45, 2.75) is 30.4 Å². The van der Waals surface area contributed by atoms with Crippen LogP contribution in [-0.4, -0.2) is 24.9 Å². The van der Waals surface area contributed by atoms with Gasteiger partial charge in [-0.2, -0.15) is 0 Å². The molecule has 1 aromatic rings. The zero-order valence-corrected chi connectivity index (χ0v) is 10.5. The van der Waals surface area contributed by atoms with E-state index >= 15 is 0 Å². The molecule has 0 aromatic heterocycles. The van der Waals surface area contributed by atoms with E-state index in [0.29, 0.717) is 11.3 Å². The third-order valence-electron chi connectivity index (χ3n) is 2.61. The second-order valence-corrected chi connectivity index (χ2v) is 7.00. The monoisotopic (exact) mass is 243 g/mol. The van der Waals surface area contributed by atoms with Crippen LogP contribution >= 0.6 is 0 Å². The first kappa shape index (κ1) is 13.0. The maximum Gasteiger partial charge on any atom is 0.186 e. The zero-order chi connectivity index (χ0) is 12.6. The summed E-state index contributed by atoms with van der Waals surface area (Å²) in [5.41, 5.74) is 6.62. The Morgan fingerprint density at radius 1 is 1.38 bits per heavy atom. The summed E-state index contributed by atoms with van der Waals surface area (Å²) in [4.78, 5) is 0.187. The highest BCUT2D eigenvalue weighted by Crippen LogP contribution is 2.28. The van der Waals surface area contributed by atoms with Gasteiger partial charge in [-0.15, -0.1) is 0 Å². The quantitative estimate of drug-likeness (QED) is 0.780. The van der Waals surface area contributed by atoms with Crippen LogP contribution in [0.4, 0.5) is 5.69 Å². The van der Waals surface area contributed by atoms with Gasteiger partial charge in [0.1, 0.15) is 0 Å². The van der Waals surface area contributed by atoms with E-state index in [-0.39, 0.29) is 4.90 Å². The Hall–Kier alpha value is -1.07. The van der Waals surface area contributed by atoms with E-state index in [1.807, 2.05) is 0 Å². The molecule has 1 rings (SSSR count). The number of aliphatic hydroxyl groups is 1. The normalized spacial score (nSPS) is 12.8. The molecule has 4 nitrogen and oxygen atoms in total. The van der Waals surface area contributed by atoms with Crippen molar-refractivity contribution in [3.63, 3.8) is 0 Å². The van der Waals surface area contributed by atoms with Crippen LogP contribution in [0.15, 0.2) is 23.1 Å². The Morgan fingerprint density at radius 2 is 1.94 bits per heavy atom. The molecule has 1 aromatic carbocycles. The molecule has 16 heavy (non-hydrogen) atoms. The Bertz CT molecular complexity index is 492. The summed E-state index contributed by atoms with van der Waals surface area (Å²) in [7, 11) is -3.57. The summed E-state index contributed by atoms with van der Waals surface area (Å²) >= 11 is 0. The van der Waals surface area contributed by atoms with Crippen molar-refractivity contribution in [3.8, 4) is 0 Å². The molecule has 0 atom stereocenters. The number of rotatable bonds is 3. The van der Waals surface area contributed by atoms with Crippen molar-refractivity contribution in [1.29, 1.82) is 0 Å². The fourth-order valence-electron chi connectivity index (χ4n) is 1.29. The van der Waals surface area contributed by atoms with Gasteiger partial charge in [0, 0.05) is 5.69 Å². The largest absolute Gasteiger partial charge is 0.399 e. The van der Waals surface area contributed by atoms with Crippen LogP contribution < -0.4 is 5.73 Å². The average molecular weight is 243 g/mol. The van der Waals surface area contributed by atoms with Gasteiger partial charge in [0.25, 0.3) is 0 Å². The minimum Gasteiger partial charge on any atom is -0.399 e. The molecule has 0 aliphatic carbocycles. The third-order valence-corrected chi connectivity index (χ3v) is 5.21. The highest BCUT2D eigenvalue weighted by Gasteiger charge is 2.36. The SMILES string of the molecule is Cc1ccc(N)cc1S(=O)(=O)C(C)(C)CO. The molecule has 0 spiro atoms. The summed E-state index contributed by atoms with van der Waals surface area (Å²) in [6.07, 6.45) is 0. The Balaban J connectivity index is 3.44. The second kappa shape index (κ2) is 4.07. The molecule has 0 amide bonds. The van der Waals surface area contributed by atoms with Gasteiger partial charge in [-0.25, -0.2) is 8.42 Å². The van der Waals surface area contributed by atoms with Gasteiger partial charge in [-0.1, -0.05) is 6.07 Å². The molecule has 90 valence electrons. The fraction of sp³-hybridized carbons (Fsp3) is 0.455. The first-order valence-corrected chi connectivity index (χ1v) is 6.42. The minimum atomic E-state index is -3.57. The Labute approximate surface area is 96.0 Å². The van der Waals surface area contributed by atoms with Crippen LogP contribution in [0.5, 0.6) is 0 Å². The fourth-order valence-corrected chi connectivity index (χ4v) is 2.84. The van der Waals surface area contributed by atoms with Crippen LogP contribution in [0, 0.1) is 6.92 Å². The number of aliphatic hydroxyl groups excluding tert-OH is 1. The molecular weight excluding hydrogens is 226 g/mol. The van der Waals surface area contributed by atoms with Gasteiger partial charge < -0.3 is 10.8 Å². The van der Waals surface area contributed by atoms with E-state index in [0.717, 1.165) is 0 Å². The molecule has 0 heterocycles. The number of sulfone groups is 1. The number of benzene rings is 1. The van der Waals surface area contributed by atoms with Gasteiger partial charge in [0.15, 0.2) is 9.84 Å². The molecule has 0 saturated heterocycles.